The van der Waals surface area contributed by atoms with E-state index >= 15 is 0 Å². The molecule has 0 unspecified atom stereocenters. The maximum absolute atomic E-state index is 12.5. The number of benzene rings is 3. The van der Waals surface area contributed by atoms with Gasteiger partial charge in [-0.15, -0.1) is 30.6 Å². The second-order valence-corrected chi connectivity index (χ2v) is 31.4. The number of nitrogens with zero attached hydrogens (tertiary/aromatic N) is 20. The Morgan fingerprint density at radius 2 is 0.750 bits per heavy atom. The highest BCUT2D eigenvalue weighted by Gasteiger charge is 2.29. The summed E-state index contributed by atoms with van der Waals surface area (Å²) < 4.78 is 72.9. The van der Waals surface area contributed by atoms with Crippen molar-refractivity contribution in [1.82, 2.24) is 131 Å². The summed E-state index contributed by atoms with van der Waals surface area (Å²) in [6.07, 6.45) is 16.4. The molecule has 0 radical (unpaired) electrons. The van der Waals surface area contributed by atoms with Gasteiger partial charge >= 0.3 is 6.18 Å². The number of rotatable bonds is 33. The molecule has 2 fully saturated rings. The summed E-state index contributed by atoms with van der Waals surface area (Å²) in [4.78, 5) is 126. The van der Waals surface area contributed by atoms with Gasteiger partial charge in [0.1, 0.15) is 84.5 Å². The van der Waals surface area contributed by atoms with Crippen LogP contribution >= 0.6 is 0 Å². The van der Waals surface area contributed by atoms with Crippen LogP contribution in [-0.4, -0.2) is 218 Å². The number of nitrogens with one attached hydrogen (secondary N) is 12. The SMILES string of the molecule is Cc1noc(C)c1COc1ccc(CC(=O)Nc2n[nH]c(-c3ccccn3)n2)cc1.Cc1oc(-c2ccccc2)nc1C(=O)Nc1n[nH]c(-c2ccccn2)n1.O=C(CCOCc1ccccc1)Nc1n[nH]c(-c2ccccn2)n1.O=C(COC1CCCC1)Nc1n[nH]c(-c2ccccn2)n1.O=C(COC1CCCCC1)Nc1n[nH]c(-c2ccccn2)n1.O=C(COCC(F)(F)F)Nc1n[nH]c(-c2ccccn2)n1. The van der Waals surface area contributed by atoms with Crippen LogP contribution in [0.3, 0.4) is 0 Å². The smallest absolute Gasteiger partial charge is 0.411 e. The highest BCUT2D eigenvalue weighted by atomic mass is 19.4. The molecule has 14 aromatic heterocycles. The maximum atomic E-state index is 12.5. The molecule has 0 saturated heterocycles. The molecular formula is C96H97F3N32O13. The highest BCUT2D eigenvalue weighted by molar-refractivity contribution is 6.03. The first-order chi connectivity index (χ1) is 70.2. The molecule has 17 aromatic rings. The monoisotopic (exact) mass is 1960 g/mol. The van der Waals surface area contributed by atoms with E-state index in [9.17, 15) is 41.9 Å². The number of H-pyrrole nitrogens is 6. The largest absolute Gasteiger partial charge is 0.489 e. The topological polar surface area (TPSA) is 600 Å². The molecule has 12 N–H and O–H groups in total. The van der Waals surface area contributed by atoms with Crippen molar-refractivity contribution in [3.8, 4) is 86.3 Å². The number of hydrogen-bond donors (Lipinski definition) is 12. The zero-order valence-electron chi connectivity index (χ0n) is 77.7. The van der Waals surface area contributed by atoms with Crippen molar-refractivity contribution in [2.75, 3.05) is 64.9 Å². The molecule has 144 heavy (non-hydrogen) atoms. The van der Waals surface area contributed by atoms with Crippen molar-refractivity contribution < 1.29 is 74.6 Å². The van der Waals surface area contributed by atoms with Gasteiger partial charge in [-0.3, -0.25) is 121 Å². The van der Waals surface area contributed by atoms with Gasteiger partial charge in [-0.1, -0.05) is 134 Å². The molecule has 2 aliphatic rings. The quantitative estimate of drug-likeness (QED) is 0.0170. The number of hydrogen-bond acceptors (Lipinski definition) is 33. The van der Waals surface area contributed by atoms with E-state index in [0.717, 1.165) is 59.4 Å². The molecular weight excluding hydrogens is 1870 g/mol. The Balaban J connectivity index is 0.000000138. The molecule has 0 atom stereocenters. The molecule has 19 rings (SSSR count). The molecule has 3 aromatic carbocycles. The van der Waals surface area contributed by atoms with E-state index in [4.69, 9.17) is 27.9 Å². The van der Waals surface area contributed by atoms with Crippen LogP contribution in [0.4, 0.5) is 48.9 Å². The lowest BCUT2D eigenvalue weighted by Crippen LogP contribution is -2.25. The van der Waals surface area contributed by atoms with Crippen LogP contribution in [0, 0.1) is 20.8 Å². The van der Waals surface area contributed by atoms with Gasteiger partial charge in [0.25, 0.3) is 23.6 Å². The van der Waals surface area contributed by atoms with Crippen molar-refractivity contribution in [2.24, 2.45) is 0 Å². The number of amides is 6. The Labute approximate surface area is 818 Å². The van der Waals surface area contributed by atoms with Gasteiger partial charge in [-0.2, -0.15) is 43.1 Å². The summed E-state index contributed by atoms with van der Waals surface area (Å²) in [5.41, 5.74) is 8.47. The lowest BCUT2D eigenvalue weighted by atomic mass is 9.98. The van der Waals surface area contributed by atoms with Crippen LogP contribution in [0.15, 0.2) is 240 Å². The van der Waals surface area contributed by atoms with Gasteiger partial charge in [0.05, 0.1) is 49.5 Å². The fraction of sp³-hybridized carbons (Fsp3) is 0.250. The minimum Gasteiger partial charge on any atom is -0.489 e. The van der Waals surface area contributed by atoms with Crippen LogP contribution in [-0.2, 0) is 62.6 Å². The maximum Gasteiger partial charge on any atom is 0.411 e. The Hall–Kier alpha value is -17.9. The van der Waals surface area contributed by atoms with E-state index in [-0.39, 0.29) is 103 Å². The van der Waals surface area contributed by atoms with Crippen molar-refractivity contribution >= 4 is 71.1 Å². The van der Waals surface area contributed by atoms with E-state index < -0.39 is 31.2 Å². The Morgan fingerprint density at radius 1 is 0.382 bits per heavy atom. The summed E-state index contributed by atoms with van der Waals surface area (Å²) in [7, 11) is 0. The average molecular weight is 1960 g/mol. The first-order valence-corrected chi connectivity index (χ1v) is 45.2. The van der Waals surface area contributed by atoms with Gasteiger partial charge in [0.2, 0.25) is 53.4 Å². The van der Waals surface area contributed by atoms with Crippen molar-refractivity contribution in [2.45, 2.75) is 123 Å². The summed E-state index contributed by atoms with van der Waals surface area (Å²) in [6.45, 7) is 4.46. The third-order valence-electron chi connectivity index (χ3n) is 20.6. The third kappa shape index (κ3) is 32.9. The lowest BCUT2D eigenvalue weighted by molar-refractivity contribution is -0.174. The zero-order chi connectivity index (χ0) is 100. The number of pyridine rings is 6. The summed E-state index contributed by atoms with van der Waals surface area (Å²) >= 11 is 0. The molecule has 6 amide bonds. The fourth-order valence-electron chi connectivity index (χ4n) is 13.5. The van der Waals surface area contributed by atoms with Gasteiger partial charge in [0, 0.05) is 42.7 Å². The molecule has 14 heterocycles. The first-order valence-electron chi connectivity index (χ1n) is 45.2. The minimum atomic E-state index is -4.48. The number of alkyl halides is 3. The summed E-state index contributed by atoms with van der Waals surface area (Å²) in [5, 5.41) is 59.2. The molecule has 48 heteroatoms. The number of ether oxygens (including phenoxy) is 5. The number of aromatic nitrogens is 26. The van der Waals surface area contributed by atoms with Crippen LogP contribution in [0.5, 0.6) is 5.75 Å². The molecule has 0 aliphatic heterocycles. The number of anilines is 6. The number of halogens is 3. The molecule has 0 spiro atoms. The molecule has 2 aliphatic carbocycles. The third-order valence-corrected chi connectivity index (χ3v) is 20.6. The van der Waals surface area contributed by atoms with Crippen LogP contribution in [0.25, 0.3) is 80.6 Å². The summed E-state index contributed by atoms with van der Waals surface area (Å²) in [5.74, 6) is 3.91. The van der Waals surface area contributed by atoms with E-state index in [1.54, 1.807) is 80.5 Å². The first kappa shape index (κ1) is 102. The standard InChI is InChI=1S/C21H20N6O3.C18H14N6O2.C17H17N5O2.C15H19N5O2.C14H17N5O2.C11H10F3N5O2/c1-13-17(14(2)30-27-13)12-29-16-8-6-15(7-9-16)11-19(28)23-21-24-20(25-26-21)18-5-3-4-10-22-18;1-11-14(20-17(26-11)12-7-3-2-4-8-12)16(25)22-18-21-15(23-24-18)13-9-5-6-10-19-13;23-15(9-11-24-12-13-6-2-1-3-7-13)19-17-20-16(21-22-17)14-8-4-5-10-18-14;21-13(10-22-11-6-2-1-3-7-11)17-15-18-14(19-20-15)12-8-4-5-9-16-12;20-12(9-21-10-5-1-2-6-10)16-14-17-13(18-19-14)11-7-3-4-8-15-11;12-11(13,14)6-21-5-8(20)16-10-17-9(18-19-10)7-3-1-2-4-15-7/h3-10H,11-12H2,1-2H3,(H2,23,24,25,26,28);2-10H,1H3,(H2,21,22,23,24,25);1-8,10H,9,11-12H2,(H2,19,20,21,22,23);4-5,8-9,11H,1-3,6-7,10H2,(H2,17,18,19,20,21);3-4,7-8,10H,1-2,5-6,9H2,(H2,16,17,18,19,20);1-4H,5-6H2,(H2,16,17,18,19,20). The molecule has 0 bridgehead atoms. The summed E-state index contributed by atoms with van der Waals surface area (Å²) in [6, 6.07) is 59.1. The van der Waals surface area contributed by atoms with E-state index in [1.807, 2.05) is 172 Å². The van der Waals surface area contributed by atoms with E-state index in [0.29, 0.717) is 106 Å². The van der Waals surface area contributed by atoms with Crippen molar-refractivity contribution in [3.63, 3.8) is 0 Å². The Morgan fingerprint density at radius 3 is 1.13 bits per heavy atom. The Kier molecular flexibility index (Phi) is 37.3. The van der Waals surface area contributed by atoms with Crippen molar-refractivity contribution in [3.05, 3.63) is 271 Å². The lowest BCUT2D eigenvalue weighted by Gasteiger charge is -2.21. The van der Waals surface area contributed by atoms with Crippen LogP contribution in [0.1, 0.15) is 109 Å². The predicted octanol–water partition coefficient (Wildman–Crippen LogP) is 14.0. The Bertz CT molecular complexity index is 6820. The highest BCUT2D eigenvalue weighted by Crippen LogP contribution is 2.28. The molecule has 45 nitrogen and oxygen atoms in total. The zero-order valence-corrected chi connectivity index (χ0v) is 77.7. The number of carbonyl (C=O) groups excluding carboxylic acids is 6. The van der Waals surface area contributed by atoms with Gasteiger partial charge < -0.3 is 32.6 Å². The van der Waals surface area contributed by atoms with Gasteiger partial charge in [0.15, 0.2) is 40.6 Å². The van der Waals surface area contributed by atoms with Crippen LogP contribution < -0.4 is 36.6 Å². The number of carbonyl (C=O) groups is 6. The van der Waals surface area contributed by atoms with Crippen molar-refractivity contribution in [1.29, 1.82) is 0 Å². The van der Waals surface area contributed by atoms with Gasteiger partial charge in [-0.05, 0) is 155 Å². The molecule has 2 saturated carbocycles. The fourth-order valence-corrected chi connectivity index (χ4v) is 13.5. The van der Waals surface area contributed by atoms with E-state index in [2.05, 4.69) is 168 Å². The normalized spacial score (nSPS) is 12.2. The predicted molar refractivity (Wildman–Crippen MR) is 515 cm³/mol. The van der Waals surface area contributed by atoms with E-state index in [1.165, 1.54) is 32.1 Å². The number of aromatic amines is 6. The molecule has 740 valence electrons. The minimum absolute atomic E-state index is 0.0398. The number of oxazole rings is 1. The number of aryl methyl sites for hydroxylation is 3. The second-order valence-electron chi connectivity index (χ2n) is 31.4. The van der Waals surface area contributed by atoms with Gasteiger partial charge in [-0.25, -0.2) is 4.98 Å². The second kappa shape index (κ2) is 52.7. The van der Waals surface area contributed by atoms with Crippen LogP contribution in [0.2, 0.25) is 0 Å². The average Bonchev–Trinajstić information content (AvgIpc) is 1.67.